The van der Waals surface area contributed by atoms with E-state index in [4.69, 9.17) is 4.74 Å². The molecule has 116 valence electrons. The van der Waals surface area contributed by atoms with Crippen molar-refractivity contribution in [1.29, 1.82) is 0 Å². The second kappa shape index (κ2) is 7.61. The van der Waals surface area contributed by atoms with Gasteiger partial charge in [-0.15, -0.1) is 11.3 Å². The predicted octanol–water partition coefficient (Wildman–Crippen LogP) is 2.57. The molecule has 0 aliphatic carbocycles. The lowest BCUT2D eigenvalue weighted by molar-refractivity contribution is -0.119. The summed E-state index contributed by atoms with van der Waals surface area (Å²) in [6.45, 7) is 2.59. The van der Waals surface area contributed by atoms with Crippen molar-refractivity contribution in [3.8, 4) is 0 Å². The van der Waals surface area contributed by atoms with Gasteiger partial charge in [0.25, 0.3) is 0 Å². The van der Waals surface area contributed by atoms with Crippen LogP contribution in [0.1, 0.15) is 20.8 Å². The van der Waals surface area contributed by atoms with Gasteiger partial charge in [0.05, 0.1) is 25.8 Å². The molecule has 1 aromatic carbocycles. The highest BCUT2D eigenvalue weighted by atomic mass is 32.1. The van der Waals surface area contributed by atoms with Crippen LogP contribution < -0.4 is 10.6 Å². The third-order valence-corrected chi connectivity index (χ3v) is 4.01. The lowest BCUT2D eigenvalue weighted by Crippen LogP contribution is -2.29. The summed E-state index contributed by atoms with van der Waals surface area (Å²) in [7, 11) is 1.34. The number of nitrogens with one attached hydrogen (secondary N) is 2. The lowest BCUT2D eigenvalue weighted by Gasteiger charge is -2.11. The van der Waals surface area contributed by atoms with Gasteiger partial charge in [0.2, 0.25) is 5.91 Å². The number of hydrogen-bond donors (Lipinski definition) is 2. The molecule has 0 saturated carbocycles. The van der Waals surface area contributed by atoms with Crippen molar-refractivity contribution in [2.24, 2.45) is 0 Å². The van der Waals surface area contributed by atoms with Crippen molar-refractivity contribution in [2.45, 2.75) is 13.5 Å². The Morgan fingerprint density at radius 3 is 2.77 bits per heavy atom. The topological polar surface area (TPSA) is 67.4 Å². The summed E-state index contributed by atoms with van der Waals surface area (Å²) in [4.78, 5) is 24.5. The quantitative estimate of drug-likeness (QED) is 0.803. The number of amides is 1. The Kier molecular flexibility index (Phi) is 5.55. The van der Waals surface area contributed by atoms with Crippen LogP contribution in [0.4, 0.5) is 5.69 Å². The van der Waals surface area contributed by atoms with Crippen LogP contribution in [0.3, 0.4) is 0 Å². The monoisotopic (exact) mass is 318 g/mol. The van der Waals surface area contributed by atoms with E-state index in [9.17, 15) is 9.59 Å². The molecule has 0 unspecified atom stereocenters. The van der Waals surface area contributed by atoms with E-state index in [2.05, 4.69) is 10.6 Å². The molecule has 1 heterocycles. The standard InChI is InChI=1S/C16H18N2O3S/c1-11-5-6-12(16(20)21-2)8-14(11)17-10-15(19)18-9-13-4-3-7-22-13/h3-8,17H,9-10H2,1-2H3,(H,18,19). The maximum Gasteiger partial charge on any atom is 0.337 e. The first kappa shape index (κ1) is 16.0. The Morgan fingerprint density at radius 1 is 1.27 bits per heavy atom. The maximum atomic E-state index is 11.8. The van der Waals surface area contributed by atoms with Gasteiger partial charge < -0.3 is 15.4 Å². The molecule has 22 heavy (non-hydrogen) atoms. The molecule has 2 aromatic rings. The van der Waals surface area contributed by atoms with E-state index >= 15 is 0 Å². The Hall–Kier alpha value is -2.34. The minimum Gasteiger partial charge on any atom is -0.465 e. The molecule has 0 atom stereocenters. The number of benzene rings is 1. The summed E-state index contributed by atoms with van der Waals surface area (Å²) in [6, 6.07) is 9.13. The summed E-state index contributed by atoms with van der Waals surface area (Å²) in [5.74, 6) is -0.499. The Labute approximate surface area is 133 Å². The van der Waals surface area contributed by atoms with Crippen LogP contribution >= 0.6 is 11.3 Å². The zero-order valence-electron chi connectivity index (χ0n) is 12.5. The highest BCUT2D eigenvalue weighted by Crippen LogP contribution is 2.17. The van der Waals surface area contributed by atoms with Crippen molar-refractivity contribution in [3.63, 3.8) is 0 Å². The van der Waals surface area contributed by atoms with Crippen molar-refractivity contribution < 1.29 is 14.3 Å². The zero-order chi connectivity index (χ0) is 15.9. The molecule has 1 aromatic heterocycles. The molecular formula is C16H18N2O3S. The molecule has 1 amide bonds. The van der Waals surface area contributed by atoms with Gasteiger partial charge in [-0.25, -0.2) is 4.79 Å². The Balaban J connectivity index is 1.90. The number of rotatable bonds is 6. The summed E-state index contributed by atoms with van der Waals surface area (Å²) < 4.78 is 4.69. The smallest absolute Gasteiger partial charge is 0.337 e. The van der Waals surface area contributed by atoms with E-state index in [1.807, 2.05) is 30.5 Å². The van der Waals surface area contributed by atoms with Crippen LogP contribution in [-0.4, -0.2) is 25.5 Å². The van der Waals surface area contributed by atoms with Gasteiger partial charge in [-0.1, -0.05) is 12.1 Å². The average Bonchev–Trinajstić information content (AvgIpc) is 3.04. The predicted molar refractivity (Wildman–Crippen MR) is 87.2 cm³/mol. The third kappa shape index (κ3) is 4.33. The first-order chi connectivity index (χ1) is 10.6. The highest BCUT2D eigenvalue weighted by molar-refractivity contribution is 7.09. The summed E-state index contributed by atoms with van der Waals surface area (Å²) in [5.41, 5.74) is 2.16. The number of aryl methyl sites for hydroxylation is 1. The first-order valence-electron chi connectivity index (χ1n) is 6.82. The SMILES string of the molecule is COC(=O)c1ccc(C)c(NCC(=O)NCc2cccs2)c1. The molecule has 0 bridgehead atoms. The molecule has 0 aliphatic rings. The number of ether oxygens (including phenoxy) is 1. The number of hydrogen-bond acceptors (Lipinski definition) is 5. The number of carbonyl (C=O) groups excluding carboxylic acids is 2. The average molecular weight is 318 g/mol. The molecule has 0 fully saturated rings. The molecule has 0 radical (unpaired) electrons. The van der Waals surface area contributed by atoms with Gasteiger partial charge in [0, 0.05) is 10.6 Å². The Bertz CT molecular complexity index is 653. The molecule has 0 spiro atoms. The summed E-state index contributed by atoms with van der Waals surface area (Å²) in [5, 5.41) is 7.86. The maximum absolute atomic E-state index is 11.8. The van der Waals surface area contributed by atoms with Crippen LogP contribution in [-0.2, 0) is 16.1 Å². The first-order valence-corrected chi connectivity index (χ1v) is 7.70. The van der Waals surface area contributed by atoms with E-state index in [0.29, 0.717) is 12.1 Å². The minimum atomic E-state index is -0.398. The summed E-state index contributed by atoms with van der Waals surface area (Å²) in [6.07, 6.45) is 0. The molecular weight excluding hydrogens is 300 g/mol. The van der Waals surface area contributed by atoms with Gasteiger partial charge in [0.1, 0.15) is 0 Å². The van der Waals surface area contributed by atoms with Crippen molar-refractivity contribution in [1.82, 2.24) is 5.32 Å². The van der Waals surface area contributed by atoms with Gasteiger partial charge >= 0.3 is 5.97 Å². The van der Waals surface area contributed by atoms with Crippen LogP contribution in [0.5, 0.6) is 0 Å². The minimum absolute atomic E-state index is 0.101. The molecule has 6 heteroatoms. The molecule has 5 nitrogen and oxygen atoms in total. The lowest BCUT2D eigenvalue weighted by atomic mass is 10.1. The van der Waals surface area contributed by atoms with Crippen LogP contribution in [0.15, 0.2) is 35.7 Å². The number of thiophene rings is 1. The summed E-state index contributed by atoms with van der Waals surface area (Å²) >= 11 is 1.60. The largest absolute Gasteiger partial charge is 0.465 e. The number of anilines is 1. The zero-order valence-corrected chi connectivity index (χ0v) is 13.3. The fourth-order valence-electron chi connectivity index (χ4n) is 1.89. The number of carbonyl (C=O) groups is 2. The second-order valence-electron chi connectivity index (χ2n) is 4.73. The molecule has 0 aliphatic heterocycles. The van der Waals surface area contributed by atoms with E-state index in [0.717, 1.165) is 16.1 Å². The van der Waals surface area contributed by atoms with E-state index < -0.39 is 5.97 Å². The normalized spacial score (nSPS) is 10.1. The fourth-order valence-corrected chi connectivity index (χ4v) is 2.54. The van der Waals surface area contributed by atoms with Crippen LogP contribution in [0, 0.1) is 6.92 Å². The van der Waals surface area contributed by atoms with Gasteiger partial charge in [-0.2, -0.15) is 0 Å². The number of methoxy groups -OCH3 is 1. The fraction of sp³-hybridized carbons (Fsp3) is 0.250. The highest BCUT2D eigenvalue weighted by Gasteiger charge is 2.09. The molecule has 0 saturated heterocycles. The number of esters is 1. The van der Waals surface area contributed by atoms with E-state index in [1.165, 1.54) is 7.11 Å². The van der Waals surface area contributed by atoms with Gasteiger partial charge in [0.15, 0.2) is 0 Å². The Morgan fingerprint density at radius 2 is 2.09 bits per heavy atom. The molecule has 2 rings (SSSR count). The van der Waals surface area contributed by atoms with E-state index in [1.54, 1.807) is 23.5 Å². The molecule has 2 N–H and O–H groups in total. The third-order valence-electron chi connectivity index (χ3n) is 3.14. The van der Waals surface area contributed by atoms with Crippen molar-refractivity contribution in [3.05, 3.63) is 51.7 Å². The van der Waals surface area contributed by atoms with Crippen LogP contribution in [0.2, 0.25) is 0 Å². The van der Waals surface area contributed by atoms with Gasteiger partial charge in [-0.3, -0.25) is 4.79 Å². The second-order valence-corrected chi connectivity index (χ2v) is 5.76. The van der Waals surface area contributed by atoms with Crippen molar-refractivity contribution >= 4 is 28.9 Å². The van der Waals surface area contributed by atoms with Crippen LogP contribution in [0.25, 0.3) is 0 Å². The van der Waals surface area contributed by atoms with Crippen molar-refractivity contribution in [2.75, 3.05) is 19.0 Å². The van der Waals surface area contributed by atoms with E-state index in [-0.39, 0.29) is 12.5 Å². The van der Waals surface area contributed by atoms with Gasteiger partial charge in [-0.05, 0) is 36.1 Å².